The second-order valence-corrected chi connectivity index (χ2v) is 13.0. The van der Waals surface area contributed by atoms with Gasteiger partial charge in [-0.25, -0.2) is 19.3 Å². The van der Waals surface area contributed by atoms with Crippen molar-refractivity contribution in [3.05, 3.63) is 83.4 Å². The van der Waals surface area contributed by atoms with Crippen LogP contribution in [0.25, 0.3) is 5.65 Å². The van der Waals surface area contributed by atoms with Gasteiger partial charge in [0.25, 0.3) is 5.91 Å². The molecule has 10 heteroatoms. The molecule has 1 aromatic carbocycles. The Bertz CT molecular complexity index is 1710. The van der Waals surface area contributed by atoms with Crippen molar-refractivity contribution < 1.29 is 14.7 Å². The van der Waals surface area contributed by atoms with E-state index < -0.39 is 5.97 Å². The lowest BCUT2D eigenvalue weighted by Crippen LogP contribution is -2.35. The minimum Gasteiger partial charge on any atom is -0.477 e. The summed E-state index contributed by atoms with van der Waals surface area (Å²) in [7, 11) is 0. The van der Waals surface area contributed by atoms with E-state index in [1.807, 2.05) is 19.2 Å². The summed E-state index contributed by atoms with van der Waals surface area (Å²) >= 11 is 0. The Labute approximate surface area is 250 Å². The highest BCUT2D eigenvalue weighted by atomic mass is 16.4. The molecule has 3 aromatic heterocycles. The van der Waals surface area contributed by atoms with Gasteiger partial charge in [-0.05, 0) is 73.8 Å². The number of carbonyl (C=O) groups is 2. The second kappa shape index (κ2) is 10.4. The van der Waals surface area contributed by atoms with Gasteiger partial charge < -0.3 is 20.2 Å². The molecule has 1 spiro atoms. The summed E-state index contributed by atoms with van der Waals surface area (Å²) in [5, 5.41) is 17.1. The maximum Gasteiger partial charge on any atom is 0.354 e. The van der Waals surface area contributed by atoms with Gasteiger partial charge in [0.05, 0.1) is 11.9 Å². The number of anilines is 2. The van der Waals surface area contributed by atoms with Gasteiger partial charge in [-0.2, -0.15) is 0 Å². The molecule has 5 heterocycles. The topological polar surface area (TPSA) is 116 Å². The van der Waals surface area contributed by atoms with Crippen LogP contribution in [0.4, 0.5) is 11.5 Å². The SMILES string of the molecule is Cc1cc(N2CC[C@](C)(c3ccccc3)C2)cn2nc(C(=O)NC3CC[C@@]4(CCN(c5cccc(C(=O)O)n5)C4)C3)nc12. The first-order valence-electron chi connectivity index (χ1n) is 15.1. The molecule has 0 bridgehead atoms. The third-order valence-corrected chi connectivity index (χ3v) is 9.87. The van der Waals surface area contributed by atoms with E-state index in [2.05, 4.69) is 73.5 Å². The van der Waals surface area contributed by atoms with Crippen molar-refractivity contribution in [2.75, 3.05) is 36.0 Å². The number of carbonyl (C=O) groups excluding carboxylic acids is 1. The van der Waals surface area contributed by atoms with E-state index in [0.717, 1.165) is 69.5 Å². The number of aryl methyl sites for hydroxylation is 1. The van der Waals surface area contributed by atoms with Crippen LogP contribution in [-0.4, -0.2) is 68.8 Å². The summed E-state index contributed by atoms with van der Waals surface area (Å²) in [4.78, 5) is 38.2. The second-order valence-electron chi connectivity index (χ2n) is 13.0. The van der Waals surface area contributed by atoms with E-state index in [9.17, 15) is 14.7 Å². The fourth-order valence-electron chi connectivity index (χ4n) is 7.46. The molecule has 1 aliphatic carbocycles. The number of pyridine rings is 2. The van der Waals surface area contributed by atoms with Crippen LogP contribution in [0.1, 0.15) is 71.3 Å². The van der Waals surface area contributed by atoms with E-state index in [-0.39, 0.29) is 34.3 Å². The standard InChI is InChI=1S/C33H37N7O3/c1-22-17-25(38-15-13-32(2,20-38)23-7-4-3-5-8-23)19-40-29(22)36-28(37-40)30(41)34-24-11-12-33(18-24)14-16-39(21-33)27-10-6-9-26(35-27)31(42)43/h3-10,17,19,24H,11-16,18,20-21H2,1-2H3,(H,34,41)(H,42,43)/t24?,32-,33+/m0/s1. The number of rotatable bonds is 6. The normalized spacial score (nSPS) is 25.2. The highest BCUT2D eigenvalue weighted by molar-refractivity contribution is 5.91. The zero-order valence-corrected chi connectivity index (χ0v) is 24.7. The summed E-state index contributed by atoms with van der Waals surface area (Å²) in [6.45, 7) is 7.87. The number of fused-ring (bicyclic) bond motifs is 1. The van der Waals surface area contributed by atoms with Crippen LogP contribution < -0.4 is 15.1 Å². The van der Waals surface area contributed by atoms with Crippen molar-refractivity contribution in [2.45, 2.75) is 57.4 Å². The van der Waals surface area contributed by atoms with E-state index in [0.29, 0.717) is 11.5 Å². The van der Waals surface area contributed by atoms with Crippen LogP contribution in [0.5, 0.6) is 0 Å². The summed E-state index contributed by atoms with van der Waals surface area (Å²) in [5.74, 6) is -0.366. The van der Waals surface area contributed by atoms with Crippen molar-refractivity contribution in [3.8, 4) is 0 Å². The summed E-state index contributed by atoms with van der Waals surface area (Å²) in [6.07, 6.45) is 6.84. The molecule has 7 rings (SSSR count). The molecule has 3 fully saturated rings. The molecule has 3 atom stereocenters. The van der Waals surface area contributed by atoms with Crippen molar-refractivity contribution in [3.63, 3.8) is 0 Å². The fourth-order valence-corrected chi connectivity index (χ4v) is 7.46. The first-order chi connectivity index (χ1) is 20.7. The van der Waals surface area contributed by atoms with Crippen molar-refractivity contribution in [2.24, 2.45) is 5.41 Å². The van der Waals surface area contributed by atoms with Crippen molar-refractivity contribution in [1.82, 2.24) is 24.9 Å². The predicted molar refractivity (Wildman–Crippen MR) is 164 cm³/mol. The summed E-state index contributed by atoms with van der Waals surface area (Å²) in [6, 6.07) is 18.0. The van der Waals surface area contributed by atoms with E-state index in [4.69, 9.17) is 0 Å². The van der Waals surface area contributed by atoms with Gasteiger partial charge in [-0.15, -0.1) is 5.10 Å². The monoisotopic (exact) mass is 579 g/mol. The third kappa shape index (κ3) is 5.08. The average molecular weight is 580 g/mol. The number of nitrogens with one attached hydrogen (secondary N) is 1. The van der Waals surface area contributed by atoms with Crippen molar-refractivity contribution >= 4 is 29.0 Å². The van der Waals surface area contributed by atoms with Gasteiger partial charge in [0.15, 0.2) is 11.3 Å². The first-order valence-corrected chi connectivity index (χ1v) is 15.1. The third-order valence-electron chi connectivity index (χ3n) is 9.87. The summed E-state index contributed by atoms with van der Waals surface area (Å²) < 4.78 is 1.75. The predicted octanol–water partition coefficient (Wildman–Crippen LogP) is 4.48. The zero-order chi connectivity index (χ0) is 29.8. The van der Waals surface area contributed by atoms with E-state index in [1.54, 1.807) is 10.6 Å². The van der Waals surface area contributed by atoms with Gasteiger partial charge in [0.1, 0.15) is 5.82 Å². The number of nitrogens with zero attached hydrogens (tertiary/aromatic N) is 6. The Morgan fingerprint density at radius 2 is 1.79 bits per heavy atom. The Morgan fingerprint density at radius 3 is 2.60 bits per heavy atom. The molecule has 43 heavy (non-hydrogen) atoms. The van der Waals surface area contributed by atoms with Gasteiger partial charge in [-0.3, -0.25) is 4.79 Å². The largest absolute Gasteiger partial charge is 0.477 e. The fraction of sp³-hybridized carbons (Fsp3) is 0.424. The molecule has 2 saturated heterocycles. The van der Waals surface area contributed by atoms with Gasteiger partial charge >= 0.3 is 5.97 Å². The number of aromatic nitrogens is 4. The molecule has 0 radical (unpaired) electrons. The molecular weight excluding hydrogens is 542 g/mol. The number of amides is 1. The molecule has 3 aliphatic rings. The molecule has 1 amide bonds. The smallest absolute Gasteiger partial charge is 0.354 e. The summed E-state index contributed by atoms with van der Waals surface area (Å²) in [5.41, 5.74) is 4.37. The van der Waals surface area contributed by atoms with E-state index in [1.165, 1.54) is 11.6 Å². The Hall–Kier alpha value is -4.47. The maximum absolute atomic E-state index is 13.3. The maximum atomic E-state index is 13.3. The zero-order valence-electron chi connectivity index (χ0n) is 24.7. The van der Waals surface area contributed by atoms with Crippen LogP contribution in [0.15, 0.2) is 60.8 Å². The quantitative estimate of drug-likeness (QED) is 0.344. The number of carboxylic acid groups (broad SMARTS) is 1. The molecule has 1 unspecified atom stereocenters. The van der Waals surface area contributed by atoms with Crippen LogP contribution in [0.2, 0.25) is 0 Å². The molecule has 1 saturated carbocycles. The molecule has 10 nitrogen and oxygen atoms in total. The minimum absolute atomic E-state index is 0.0503. The lowest BCUT2D eigenvalue weighted by molar-refractivity contribution is 0.0690. The number of hydrogen-bond acceptors (Lipinski definition) is 7. The van der Waals surface area contributed by atoms with Crippen LogP contribution in [0, 0.1) is 12.3 Å². The van der Waals surface area contributed by atoms with Gasteiger partial charge in [0, 0.05) is 37.6 Å². The van der Waals surface area contributed by atoms with Crippen LogP contribution in [0.3, 0.4) is 0 Å². The molecule has 4 aromatic rings. The van der Waals surface area contributed by atoms with Crippen LogP contribution in [-0.2, 0) is 5.41 Å². The Morgan fingerprint density at radius 1 is 0.977 bits per heavy atom. The number of benzene rings is 1. The molecular formula is C33H37N7O3. The number of aromatic carboxylic acids is 1. The highest BCUT2D eigenvalue weighted by Crippen LogP contribution is 2.46. The number of carboxylic acids is 1. The molecule has 222 valence electrons. The Kier molecular flexibility index (Phi) is 6.59. The average Bonchev–Trinajstić information content (AvgIpc) is 3.81. The first kappa shape index (κ1) is 27.4. The lowest BCUT2D eigenvalue weighted by atomic mass is 9.82. The molecule has 2 aliphatic heterocycles. The molecule has 2 N–H and O–H groups in total. The van der Waals surface area contributed by atoms with Crippen LogP contribution >= 0.6 is 0 Å². The van der Waals surface area contributed by atoms with Gasteiger partial charge in [-0.1, -0.05) is 43.3 Å². The van der Waals surface area contributed by atoms with Gasteiger partial charge in [0.2, 0.25) is 5.82 Å². The highest BCUT2D eigenvalue weighted by Gasteiger charge is 2.45. The Balaban J connectivity index is 1.01. The lowest BCUT2D eigenvalue weighted by Gasteiger charge is -2.26. The number of hydrogen-bond donors (Lipinski definition) is 2. The van der Waals surface area contributed by atoms with Crippen molar-refractivity contribution in [1.29, 1.82) is 0 Å². The minimum atomic E-state index is -1.02. The van der Waals surface area contributed by atoms with E-state index >= 15 is 0 Å².